The Morgan fingerprint density at radius 1 is 1.17 bits per heavy atom. The monoisotopic (exact) mass is 254 g/mol. The molecule has 0 amide bonds. The molecule has 0 N–H and O–H groups in total. The second-order valence-corrected chi connectivity index (χ2v) is 3.83. The molecule has 1 aromatic carbocycles. The highest BCUT2D eigenvalue weighted by molar-refractivity contribution is 5.80. The standard InChI is InChI=1S/C13H15FO4/c1-17-12(15)8-10(13(16)18-2)7-9-3-5-11(14)6-4-9/h3-6,10H,7-8H2,1-2H3. The third-order valence-electron chi connectivity index (χ3n) is 2.57. The Morgan fingerprint density at radius 2 is 1.78 bits per heavy atom. The first-order valence-corrected chi connectivity index (χ1v) is 5.46. The Labute approximate surface area is 105 Å². The molecule has 0 aliphatic rings. The Bertz CT molecular complexity index is 414. The maximum atomic E-state index is 12.7. The molecule has 1 aromatic rings. The van der Waals surface area contributed by atoms with Crippen molar-refractivity contribution in [3.8, 4) is 0 Å². The largest absolute Gasteiger partial charge is 0.469 e. The molecule has 0 radical (unpaired) electrons. The average molecular weight is 254 g/mol. The van der Waals surface area contributed by atoms with E-state index in [2.05, 4.69) is 9.47 Å². The molecule has 1 unspecified atom stereocenters. The van der Waals surface area contributed by atoms with Crippen LogP contribution in [0.5, 0.6) is 0 Å². The maximum absolute atomic E-state index is 12.7. The third-order valence-corrected chi connectivity index (χ3v) is 2.57. The number of methoxy groups -OCH3 is 2. The SMILES string of the molecule is COC(=O)CC(Cc1ccc(F)cc1)C(=O)OC. The molecule has 0 saturated heterocycles. The van der Waals surface area contributed by atoms with Gasteiger partial charge in [0.15, 0.2) is 0 Å². The number of hydrogen-bond donors (Lipinski definition) is 0. The van der Waals surface area contributed by atoms with Crippen molar-refractivity contribution >= 4 is 11.9 Å². The zero-order valence-electron chi connectivity index (χ0n) is 10.3. The van der Waals surface area contributed by atoms with Gasteiger partial charge < -0.3 is 9.47 Å². The van der Waals surface area contributed by atoms with Gasteiger partial charge in [-0.2, -0.15) is 0 Å². The number of halogens is 1. The Morgan fingerprint density at radius 3 is 2.28 bits per heavy atom. The van der Waals surface area contributed by atoms with Crippen LogP contribution < -0.4 is 0 Å². The smallest absolute Gasteiger partial charge is 0.309 e. The van der Waals surface area contributed by atoms with Gasteiger partial charge in [-0.25, -0.2) is 4.39 Å². The Kier molecular flexibility index (Phi) is 5.30. The number of carbonyl (C=O) groups is 2. The number of esters is 2. The second-order valence-electron chi connectivity index (χ2n) is 3.83. The lowest BCUT2D eigenvalue weighted by atomic mass is 9.96. The van der Waals surface area contributed by atoms with Crippen molar-refractivity contribution in [1.82, 2.24) is 0 Å². The second kappa shape index (κ2) is 6.74. The first-order valence-electron chi connectivity index (χ1n) is 5.46. The number of ether oxygens (including phenoxy) is 2. The van der Waals surface area contributed by atoms with Crippen LogP contribution in [0.3, 0.4) is 0 Å². The summed E-state index contributed by atoms with van der Waals surface area (Å²) in [6, 6.07) is 5.76. The Hall–Kier alpha value is -1.91. The lowest BCUT2D eigenvalue weighted by Gasteiger charge is -2.13. The van der Waals surface area contributed by atoms with Gasteiger partial charge >= 0.3 is 11.9 Å². The van der Waals surface area contributed by atoms with E-state index < -0.39 is 17.9 Å². The van der Waals surface area contributed by atoms with Gasteiger partial charge in [-0.15, -0.1) is 0 Å². The number of hydrogen-bond acceptors (Lipinski definition) is 4. The van der Waals surface area contributed by atoms with Crippen LogP contribution in [-0.2, 0) is 25.5 Å². The zero-order chi connectivity index (χ0) is 13.5. The summed E-state index contributed by atoms with van der Waals surface area (Å²) in [4.78, 5) is 22.7. The molecule has 4 nitrogen and oxygen atoms in total. The van der Waals surface area contributed by atoms with Gasteiger partial charge in [0.2, 0.25) is 0 Å². The molecule has 0 fully saturated rings. The van der Waals surface area contributed by atoms with Crippen molar-refractivity contribution in [1.29, 1.82) is 0 Å². The quantitative estimate of drug-likeness (QED) is 0.751. The van der Waals surface area contributed by atoms with E-state index in [0.717, 1.165) is 5.56 Å². The summed E-state index contributed by atoms with van der Waals surface area (Å²) in [5, 5.41) is 0. The van der Waals surface area contributed by atoms with E-state index in [0.29, 0.717) is 6.42 Å². The van der Waals surface area contributed by atoms with Crippen molar-refractivity contribution in [2.24, 2.45) is 5.92 Å². The molecule has 1 atom stereocenters. The van der Waals surface area contributed by atoms with Gasteiger partial charge in [0, 0.05) is 0 Å². The van der Waals surface area contributed by atoms with E-state index in [-0.39, 0.29) is 12.2 Å². The highest BCUT2D eigenvalue weighted by atomic mass is 19.1. The predicted octanol–water partition coefficient (Wildman–Crippen LogP) is 1.72. The van der Waals surface area contributed by atoms with Crippen molar-refractivity contribution in [2.45, 2.75) is 12.8 Å². The number of benzene rings is 1. The first kappa shape index (κ1) is 14.2. The van der Waals surface area contributed by atoms with Crippen LogP contribution in [0.25, 0.3) is 0 Å². The molecule has 0 bridgehead atoms. The fraction of sp³-hybridized carbons (Fsp3) is 0.385. The zero-order valence-corrected chi connectivity index (χ0v) is 10.3. The summed E-state index contributed by atoms with van der Waals surface area (Å²) < 4.78 is 21.9. The van der Waals surface area contributed by atoms with E-state index in [1.165, 1.54) is 26.4 Å². The van der Waals surface area contributed by atoms with Gasteiger partial charge in [0.05, 0.1) is 26.6 Å². The van der Waals surface area contributed by atoms with Crippen LogP contribution in [0, 0.1) is 11.7 Å². The molecule has 0 saturated carbocycles. The van der Waals surface area contributed by atoms with Crippen LogP contribution in [-0.4, -0.2) is 26.2 Å². The molecule has 18 heavy (non-hydrogen) atoms. The van der Waals surface area contributed by atoms with Crippen LogP contribution in [0.1, 0.15) is 12.0 Å². The van der Waals surface area contributed by atoms with Crippen LogP contribution in [0.2, 0.25) is 0 Å². The van der Waals surface area contributed by atoms with Crippen LogP contribution in [0.4, 0.5) is 4.39 Å². The Balaban J connectivity index is 2.74. The summed E-state index contributed by atoms with van der Waals surface area (Å²) >= 11 is 0. The minimum atomic E-state index is -0.618. The van der Waals surface area contributed by atoms with Gasteiger partial charge in [-0.3, -0.25) is 9.59 Å². The summed E-state index contributed by atoms with van der Waals surface area (Å²) in [5.41, 5.74) is 0.760. The summed E-state index contributed by atoms with van der Waals surface area (Å²) in [6.07, 6.45) is 0.253. The van der Waals surface area contributed by atoms with Crippen molar-refractivity contribution < 1.29 is 23.5 Å². The van der Waals surface area contributed by atoms with Crippen molar-refractivity contribution in [3.05, 3.63) is 35.6 Å². The van der Waals surface area contributed by atoms with Crippen molar-refractivity contribution in [2.75, 3.05) is 14.2 Å². The topological polar surface area (TPSA) is 52.6 Å². The molecular weight excluding hydrogens is 239 g/mol. The van der Waals surface area contributed by atoms with E-state index >= 15 is 0 Å². The van der Waals surface area contributed by atoms with Gasteiger partial charge in [0.1, 0.15) is 5.82 Å². The van der Waals surface area contributed by atoms with E-state index in [1.807, 2.05) is 0 Å². The fourth-order valence-corrected chi connectivity index (χ4v) is 1.60. The summed E-state index contributed by atoms with van der Waals surface area (Å²) in [6.45, 7) is 0. The van der Waals surface area contributed by atoms with Crippen LogP contribution >= 0.6 is 0 Å². The predicted molar refractivity (Wildman–Crippen MR) is 62.2 cm³/mol. The lowest BCUT2D eigenvalue weighted by Crippen LogP contribution is -2.22. The van der Waals surface area contributed by atoms with Crippen LogP contribution in [0.15, 0.2) is 24.3 Å². The molecular formula is C13H15FO4. The summed E-state index contributed by atoms with van der Waals surface area (Å²) in [5.74, 6) is -1.92. The molecule has 0 heterocycles. The number of rotatable bonds is 5. The molecule has 5 heteroatoms. The average Bonchev–Trinajstić information content (AvgIpc) is 2.39. The maximum Gasteiger partial charge on any atom is 0.309 e. The summed E-state index contributed by atoms with van der Waals surface area (Å²) in [7, 11) is 2.52. The molecule has 0 spiro atoms. The fourth-order valence-electron chi connectivity index (χ4n) is 1.60. The molecule has 0 aliphatic carbocycles. The molecule has 0 aliphatic heterocycles. The van der Waals surface area contributed by atoms with Gasteiger partial charge in [-0.05, 0) is 24.1 Å². The number of carbonyl (C=O) groups excluding carboxylic acids is 2. The molecule has 98 valence electrons. The van der Waals surface area contributed by atoms with E-state index in [4.69, 9.17) is 0 Å². The first-order chi connectivity index (χ1) is 8.56. The lowest BCUT2D eigenvalue weighted by molar-refractivity contribution is -0.151. The molecule has 1 rings (SSSR count). The minimum absolute atomic E-state index is 0.0550. The van der Waals surface area contributed by atoms with Gasteiger partial charge in [0.25, 0.3) is 0 Å². The van der Waals surface area contributed by atoms with Crippen molar-refractivity contribution in [3.63, 3.8) is 0 Å². The van der Waals surface area contributed by atoms with E-state index in [1.54, 1.807) is 12.1 Å². The third kappa shape index (κ3) is 4.16. The minimum Gasteiger partial charge on any atom is -0.469 e. The normalized spacial score (nSPS) is 11.7. The van der Waals surface area contributed by atoms with Gasteiger partial charge in [-0.1, -0.05) is 12.1 Å². The molecule has 0 aromatic heterocycles. The highest BCUT2D eigenvalue weighted by Gasteiger charge is 2.23. The van der Waals surface area contributed by atoms with E-state index in [9.17, 15) is 14.0 Å². The highest BCUT2D eigenvalue weighted by Crippen LogP contribution is 2.15.